The van der Waals surface area contributed by atoms with E-state index in [2.05, 4.69) is 51.1 Å². The lowest BCUT2D eigenvalue weighted by Crippen LogP contribution is -2.08. The summed E-state index contributed by atoms with van der Waals surface area (Å²) in [5.41, 5.74) is 1.46. The fourth-order valence-corrected chi connectivity index (χ4v) is 2.92. The molecule has 0 aliphatic carbocycles. The van der Waals surface area contributed by atoms with Crippen LogP contribution < -0.4 is 0 Å². The Morgan fingerprint density at radius 2 is 1.43 bits per heavy atom. The molecule has 1 atom stereocenters. The summed E-state index contributed by atoms with van der Waals surface area (Å²) in [6.45, 7) is 7.03. The second-order valence-corrected chi connectivity index (χ2v) is 6.67. The quantitative estimate of drug-likeness (QED) is 0.363. The second-order valence-electron chi connectivity index (χ2n) is 6.67. The van der Waals surface area contributed by atoms with Crippen LogP contribution in [0, 0.1) is 11.8 Å². The summed E-state index contributed by atoms with van der Waals surface area (Å²) in [4.78, 5) is 0. The van der Waals surface area contributed by atoms with E-state index in [0.29, 0.717) is 0 Å². The van der Waals surface area contributed by atoms with Gasteiger partial charge in [0.1, 0.15) is 0 Å². The third kappa shape index (κ3) is 8.96. The van der Waals surface area contributed by atoms with E-state index in [1.165, 1.54) is 63.4 Å². The number of unbranched alkanes of at least 4 members (excludes halogenated alkanes) is 7. The summed E-state index contributed by atoms with van der Waals surface area (Å²) in [6, 6.07) is 10.9. The van der Waals surface area contributed by atoms with Gasteiger partial charge in [-0.2, -0.15) is 0 Å². The van der Waals surface area contributed by atoms with Crippen molar-refractivity contribution in [2.75, 3.05) is 0 Å². The lowest BCUT2D eigenvalue weighted by atomic mass is 9.86. The summed E-state index contributed by atoms with van der Waals surface area (Å²) in [5, 5.41) is 0. The van der Waals surface area contributed by atoms with Crippen molar-refractivity contribution in [3.8, 4) is 0 Å². The van der Waals surface area contributed by atoms with E-state index >= 15 is 0 Å². The van der Waals surface area contributed by atoms with E-state index in [1.54, 1.807) is 5.92 Å². The summed E-state index contributed by atoms with van der Waals surface area (Å²) in [5.74, 6) is 2.41. The molecule has 0 bridgehead atoms. The highest BCUT2D eigenvalue weighted by molar-refractivity contribution is 5.19. The van der Waals surface area contributed by atoms with Gasteiger partial charge in [-0.05, 0) is 23.8 Å². The molecule has 0 saturated heterocycles. The van der Waals surface area contributed by atoms with Gasteiger partial charge in [0, 0.05) is 0 Å². The second kappa shape index (κ2) is 11.8. The molecule has 1 unspecified atom stereocenters. The minimum absolute atomic E-state index is 0.769. The molecular formula is C21H35. The van der Waals surface area contributed by atoms with Crippen LogP contribution in [-0.4, -0.2) is 0 Å². The van der Waals surface area contributed by atoms with Crippen molar-refractivity contribution in [3.05, 3.63) is 41.8 Å². The predicted octanol–water partition coefficient (Wildman–Crippen LogP) is 6.99. The first-order valence-corrected chi connectivity index (χ1v) is 9.10. The number of hydrogen-bond donors (Lipinski definition) is 0. The van der Waals surface area contributed by atoms with Gasteiger partial charge in [-0.3, -0.25) is 0 Å². The molecule has 0 saturated carbocycles. The van der Waals surface area contributed by atoms with Crippen LogP contribution in [0.2, 0.25) is 0 Å². The lowest BCUT2D eigenvalue weighted by Gasteiger charge is -2.19. The van der Waals surface area contributed by atoms with Gasteiger partial charge in [0.25, 0.3) is 0 Å². The van der Waals surface area contributed by atoms with Crippen LogP contribution >= 0.6 is 0 Å². The third-order valence-electron chi connectivity index (χ3n) is 4.66. The molecule has 21 heavy (non-hydrogen) atoms. The van der Waals surface area contributed by atoms with Gasteiger partial charge >= 0.3 is 0 Å². The van der Waals surface area contributed by atoms with Crippen molar-refractivity contribution in [1.82, 2.24) is 0 Å². The Kier molecular flexibility index (Phi) is 10.3. The Bertz CT molecular complexity index is 327. The van der Waals surface area contributed by atoms with E-state index in [1.807, 2.05) is 0 Å². The van der Waals surface area contributed by atoms with E-state index in [-0.39, 0.29) is 0 Å². The Labute approximate surface area is 133 Å². The van der Waals surface area contributed by atoms with E-state index < -0.39 is 0 Å². The van der Waals surface area contributed by atoms with Gasteiger partial charge in [-0.1, -0.05) is 109 Å². The molecule has 0 aliphatic rings. The van der Waals surface area contributed by atoms with Gasteiger partial charge in [-0.15, -0.1) is 0 Å². The molecular weight excluding hydrogens is 252 g/mol. The smallest absolute Gasteiger partial charge is 0.0200 e. The van der Waals surface area contributed by atoms with Gasteiger partial charge in [-0.25, -0.2) is 0 Å². The molecule has 0 nitrogen and oxygen atoms in total. The molecule has 0 heteroatoms. The Morgan fingerprint density at radius 3 is 2.05 bits per heavy atom. The first kappa shape index (κ1) is 18.3. The molecule has 0 aliphatic heterocycles. The minimum atomic E-state index is 0.769. The van der Waals surface area contributed by atoms with E-state index in [4.69, 9.17) is 0 Å². The maximum Gasteiger partial charge on any atom is -0.0200 e. The molecule has 1 radical (unpaired) electrons. The highest BCUT2D eigenvalue weighted by Gasteiger charge is 2.12. The Balaban J connectivity index is 2.03. The SMILES string of the molecule is CCCCCCCCCCC(C)[C](C)Cc1ccccc1. The molecule has 0 heterocycles. The zero-order valence-electron chi connectivity index (χ0n) is 14.5. The molecule has 1 aromatic rings. The minimum Gasteiger partial charge on any atom is -0.0654 e. The average Bonchev–Trinajstić information content (AvgIpc) is 2.50. The summed E-state index contributed by atoms with van der Waals surface area (Å²) in [6.07, 6.45) is 13.9. The molecule has 0 fully saturated rings. The molecule has 119 valence electrons. The van der Waals surface area contributed by atoms with Gasteiger partial charge < -0.3 is 0 Å². The first-order chi connectivity index (χ1) is 10.2. The van der Waals surface area contributed by atoms with Crippen LogP contribution in [0.4, 0.5) is 0 Å². The molecule has 1 aromatic carbocycles. The van der Waals surface area contributed by atoms with Gasteiger partial charge in [0.15, 0.2) is 0 Å². The fourth-order valence-electron chi connectivity index (χ4n) is 2.92. The molecule has 0 N–H and O–H groups in total. The molecule has 1 rings (SSSR count). The van der Waals surface area contributed by atoms with Crippen LogP contribution in [-0.2, 0) is 6.42 Å². The predicted molar refractivity (Wildman–Crippen MR) is 95.5 cm³/mol. The van der Waals surface area contributed by atoms with Crippen molar-refractivity contribution in [3.63, 3.8) is 0 Å². The van der Waals surface area contributed by atoms with Gasteiger partial charge in [0.2, 0.25) is 0 Å². The van der Waals surface area contributed by atoms with Gasteiger partial charge in [0.05, 0.1) is 0 Å². The lowest BCUT2D eigenvalue weighted by molar-refractivity contribution is 0.482. The normalized spacial score (nSPS) is 12.8. The van der Waals surface area contributed by atoms with Crippen molar-refractivity contribution in [2.45, 2.75) is 85.0 Å². The van der Waals surface area contributed by atoms with Crippen LogP contribution in [0.5, 0.6) is 0 Å². The van der Waals surface area contributed by atoms with E-state index in [0.717, 1.165) is 12.3 Å². The molecule has 0 amide bonds. The van der Waals surface area contributed by atoms with Crippen LogP contribution in [0.1, 0.15) is 84.1 Å². The van der Waals surface area contributed by atoms with Crippen LogP contribution in [0.25, 0.3) is 0 Å². The van der Waals surface area contributed by atoms with E-state index in [9.17, 15) is 0 Å². The Hall–Kier alpha value is -0.780. The zero-order chi connectivity index (χ0) is 15.3. The maximum atomic E-state index is 2.40. The van der Waals surface area contributed by atoms with Crippen molar-refractivity contribution >= 4 is 0 Å². The maximum absolute atomic E-state index is 2.40. The third-order valence-corrected chi connectivity index (χ3v) is 4.66. The average molecular weight is 288 g/mol. The topological polar surface area (TPSA) is 0 Å². The monoisotopic (exact) mass is 287 g/mol. The molecule has 0 spiro atoms. The Morgan fingerprint density at radius 1 is 0.857 bits per heavy atom. The number of rotatable bonds is 12. The highest BCUT2D eigenvalue weighted by atomic mass is 14.2. The van der Waals surface area contributed by atoms with Crippen molar-refractivity contribution < 1.29 is 0 Å². The summed E-state index contributed by atoms with van der Waals surface area (Å²) in [7, 11) is 0. The number of benzene rings is 1. The zero-order valence-corrected chi connectivity index (χ0v) is 14.5. The fraction of sp³-hybridized carbons (Fsp3) is 0.667. The largest absolute Gasteiger partial charge is 0.0654 e. The summed E-state index contributed by atoms with van der Waals surface area (Å²) < 4.78 is 0. The number of hydrogen-bond acceptors (Lipinski definition) is 0. The standard InChI is InChI=1S/C21H35/c1-4-5-6-7-8-9-10-12-15-19(2)20(3)18-21-16-13-11-14-17-21/h11,13-14,16-17,19H,4-10,12,15,18H2,1-3H3. The van der Waals surface area contributed by atoms with Crippen molar-refractivity contribution in [1.29, 1.82) is 0 Å². The first-order valence-electron chi connectivity index (χ1n) is 9.10. The highest BCUT2D eigenvalue weighted by Crippen LogP contribution is 2.24. The molecule has 0 aromatic heterocycles. The van der Waals surface area contributed by atoms with Crippen LogP contribution in [0.15, 0.2) is 30.3 Å². The summed E-state index contributed by atoms with van der Waals surface area (Å²) >= 11 is 0. The van der Waals surface area contributed by atoms with Crippen LogP contribution in [0.3, 0.4) is 0 Å². The van der Waals surface area contributed by atoms with Crippen molar-refractivity contribution in [2.24, 2.45) is 5.92 Å².